The third-order valence-electron chi connectivity index (χ3n) is 6.58. The number of benzene rings is 2. The van der Waals surface area contributed by atoms with Crippen molar-refractivity contribution >= 4 is 11.9 Å². The fourth-order valence-corrected chi connectivity index (χ4v) is 4.95. The van der Waals surface area contributed by atoms with Crippen molar-refractivity contribution in [1.82, 2.24) is 14.7 Å². The number of aryl methyl sites for hydroxylation is 1. The van der Waals surface area contributed by atoms with Crippen molar-refractivity contribution in [2.75, 3.05) is 26.7 Å². The first kappa shape index (κ1) is 21.4. The Balaban J connectivity index is 1.48. The number of nitrogens with zero attached hydrogens (tertiary/aromatic N) is 3. The van der Waals surface area contributed by atoms with E-state index >= 15 is 0 Å². The molecule has 0 bridgehead atoms. The summed E-state index contributed by atoms with van der Waals surface area (Å²) in [6, 6.07) is 15.9. The average Bonchev–Trinajstić information content (AvgIpc) is 2.96. The number of imide groups is 1. The zero-order chi connectivity index (χ0) is 22.0. The first-order valence-corrected chi connectivity index (χ1v) is 11.0. The number of carbonyl (C=O) groups excluding carboxylic acids is 2. The van der Waals surface area contributed by atoms with Gasteiger partial charge in [-0.1, -0.05) is 42.0 Å². The van der Waals surface area contributed by atoms with Crippen LogP contribution in [-0.2, 0) is 17.9 Å². The number of likely N-dealkylation sites (tertiary alicyclic amines) is 1. The van der Waals surface area contributed by atoms with Crippen LogP contribution in [0.4, 0.5) is 4.79 Å². The molecule has 2 aliphatic heterocycles. The summed E-state index contributed by atoms with van der Waals surface area (Å²) >= 11 is 0. The summed E-state index contributed by atoms with van der Waals surface area (Å²) in [4.78, 5) is 32.3. The van der Waals surface area contributed by atoms with Gasteiger partial charge in [0, 0.05) is 26.2 Å². The van der Waals surface area contributed by atoms with E-state index in [1.165, 1.54) is 16.0 Å². The predicted molar refractivity (Wildman–Crippen MR) is 120 cm³/mol. The summed E-state index contributed by atoms with van der Waals surface area (Å²) < 4.78 is 5.29. The van der Waals surface area contributed by atoms with Crippen LogP contribution in [0.3, 0.4) is 0 Å². The molecule has 3 amide bonds. The monoisotopic (exact) mass is 421 g/mol. The Hall–Kier alpha value is -2.86. The van der Waals surface area contributed by atoms with Gasteiger partial charge in [0.25, 0.3) is 5.91 Å². The second-order valence-electron chi connectivity index (χ2n) is 8.57. The molecule has 0 atom stereocenters. The smallest absolute Gasteiger partial charge is 0.327 e. The Kier molecular flexibility index (Phi) is 6.01. The summed E-state index contributed by atoms with van der Waals surface area (Å²) in [7, 11) is 1.61. The van der Waals surface area contributed by atoms with Gasteiger partial charge in [0.1, 0.15) is 11.3 Å². The van der Waals surface area contributed by atoms with Crippen LogP contribution in [0.1, 0.15) is 36.5 Å². The van der Waals surface area contributed by atoms with Gasteiger partial charge >= 0.3 is 6.03 Å². The summed E-state index contributed by atoms with van der Waals surface area (Å²) in [5.41, 5.74) is 2.73. The average molecular weight is 422 g/mol. The summed E-state index contributed by atoms with van der Waals surface area (Å²) in [6.45, 7) is 7.36. The van der Waals surface area contributed by atoms with Crippen molar-refractivity contribution in [3.63, 3.8) is 0 Å². The molecule has 0 saturated carbocycles. The summed E-state index contributed by atoms with van der Waals surface area (Å²) in [6.07, 6.45) is 1.34. The number of hydrogen-bond donors (Lipinski definition) is 0. The highest BCUT2D eigenvalue weighted by Crippen LogP contribution is 2.38. The number of likely N-dealkylation sites (N-methyl/N-ethyl adjacent to an activating group) is 1. The van der Waals surface area contributed by atoms with Crippen LogP contribution >= 0.6 is 0 Å². The number of carbonyl (C=O) groups is 2. The van der Waals surface area contributed by atoms with Gasteiger partial charge in [-0.25, -0.2) is 4.79 Å². The standard InChI is InChI=1S/C25H31N3O3/c1-4-28-24(30)27(18-21-9-6-10-22(16-21)31-3)23(29)25(28)11-13-26(14-12-25)17-20-8-5-7-19(2)15-20/h5-10,15-16H,4,11-14,17-18H2,1-3H3. The Morgan fingerprint density at radius 2 is 1.65 bits per heavy atom. The number of ether oxygens (including phenoxy) is 1. The molecule has 2 aromatic carbocycles. The lowest BCUT2D eigenvalue weighted by atomic mass is 9.85. The van der Waals surface area contributed by atoms with E-state index in [2.05, 4.69) is 36.1 Å². The SMILES string of the molecule is CCN1C(=O)N(Cc2cccc(OC)c2)C(=O)C12CCN(Cc1cccc(C)c1)CC2. The van der Waals surface area contributed by atoms with Crippen LogP contribution in [-0.4, -0.2) is 58.9 Å². The highest BCUT2D eigenvalue weighted by molar-refractivity contribution is 6.07. The molecule has 4 rings (SSSR count). The van der Waals surface area contributed by atoms with Crippen LogP contribution in [0.2, 0.25) is 0 Å². The lowest BCUT2D eigenvalue weighted by Gasteiger charge is -2.42. The first-order chi connectivity index (χ1) is 15.0. The van der Waals surface area contributed by atoms with Crippen molar-refractivity contribution in [3.05, 3.63) is 65.2 Å². The predicted octanol–water partition coefficient (Wildman–Crippen LogP) is 3.82. The highest BCUT2D eigenvalue weighted by Gasteiger charge is 2.57. The van der Waals surface area contributed by atoms with Crippen LogP contribution in [0.5, 0.6) is 5.75 Å². The molecule has 2 heterocycles. The van der Waals surface area contributed by atoms with Gasteiger partial charge in [0.05, 0.1) is 13.7 Å². The van der Waals surface area contributed by atoms with Gasteiger partial charge in [0.2, 0.25) is 0 Å². The van der Waals surface area contributed by atoms with Crippen LogP contribution in [0.25, 0.3) is 0 Å². The largest absolute Gasteiger partial charge is 0.497 e. The second kappa shape index (κ2) is 8.71. The molecule has 6 heteroatoms. The van der Waals surface area contributed by atoms with Crippen LogP contribution in [0.15, 0.2) is 48.5 Å². The molecule has 0 aliphatic carbocycles. The van der Waals surface area contributed by atoms with Gasteiger partial charge in [-0.2, -0.15) is 0 Å². The van der Waals surface area contributed by atoms with Gasteiger partial charge in [-0.05, 0) is 49.9 Å². The molecule has 164 valence electrons. The Bertz CT molecular complexity index is 966. The molecule has 2 fully saturated rings. The normalized spacial score (nSPS) is 18.8. The van der Waals surface area contributed by atoms with Gasteiger partial charge < -0.3 is 9.64 Å². The minimum absolute atomic E-state index is 0.0580. The van der Waals surface area contributed by atoms with E-state index in [-0.39, 0.29) is 18.5 Å². The third-order valence-corrected chi connectivity index (χ3v) is 6.58. The van der Waals surface area contributed by atoms with E-state index < -0.39 is 5.54 Å². The van der Waals surface area contributed by atoms with E-state index in [0.29, 0.717) is 19.4 Å². The van der Waals surface area contributed by atoms with E-state index in [4.69, 9.17) is 4.74 Å². The van der Waals surface area contributed by atoms with Gasteiger partial charge in [-0.15, -0.1) is 0 Å². The molecule has 0 unspecified atom stereocenters. The molecule has 2 aliphatic rings. The molecule has 0 radical (unpaired) electrons. The van der Waals surface area contributed by atoms with E-state index in [9.17, 15) is 9.59 Å². The van der Waals surface area contributed by atoms with Crippen molar-refractivity contribution in [2.24, 2.45) is 0 Å². The third kappa shape index (κ3) is 4.04. The van der Waals surface area contributed by atoms with E-state index in [1.807, 2.05) is 31.2 Å². The summed E-state index contributed by atoms with van der Waals surface area (Å²) in [5, 5.41) is 0. The molecule has 2 aromatic rings. The molecule has 6 nitrogen and oxygen atoms in total. The molecular formula is C25H31N3O3. The number of rotatable bonds is 6. The minimum Gasteiger partial charge on any atom is -0.497 e. The fraction of sp³-hybridized carbons (Fsp3) is 0.440. The minimum atomic E-state index is -0.714. The Labute approximate surface area is 184 Å². The van der Waals surface area contributed by atoms with E-state index in [0.717, 1.165) is 30.9 Å². The fourth-order valence-electron chi connectivity index (χ4n) is 4.95. The number of urea groups is 1. The Morgan fingerprint density at radius 3 is 2.29 bits per heavy atom. The zero-order valence-electron chi connectivity index (χ0n) is 18.6. The highest BCUT2D eigenvalue weighted by atomic mass is 16.5. The van der Waals surface area contributed by atoms with Crippen molar-refractivity contribution < 1.29 is 14.3 Å². The maximum absolute atomic E-state index is 13.5. The number of piperidine rings is 1. The number of methoxy groups -OCH3 is 1. The lowest BCUT2D eigenvalue weighted by Crippen LogP contribution is -2.56. The quantitative estimate of drug-likeness (QED) is 0.666. The van der Waals surface area contributed by atoms with Gasteiger partial charge in [0.15, 0.2) is 0 Å². The second-order valence-corrected chi connectivity index (χ2v) is 8.57. The number of hydrogen-bond acceptors (Lipinski definition) is 4. The first-order valence-electron chi connectivity index (χ1n) is 11.0. The molecule has 1 spiro atoms. The zero-order valence-corrected chi connectivity index (χ0v) is 18.6. The molecular weight excluding hydrogens is 390 g/mol. The Morgan fingerprint density at radius 1 is 0.968 bits per heavy atom. The molecule has 2 saturated heterocycles. The molecule has 31 heavy (non-hydrogen) atoms. The maximum Gasteiger partial charge on any atom is 0.327 e. The van der Waals surface area contributed by atoms with Crippen molar-refractivity contribution in [3.8, 4) is 5.75 Å². The molecule has 0 aromatic heterocycles. The number of amides is 3. The van der Waals surface area contributed by atoms with Crippen LogP contribution < -0.4 is 4.74 Å². The lowest BCUT2D eigenvalue weighted by molar-refractivity contribution is -0.136. The van der Waals surface area contributed by atoms with E-state index in [1.54, 1.807) is 12.0 Å². The van der Waals surface area contributed by atoms with Crippen LogP contribution in [0, 0.1) is 6.92 Å². The maximum atomic E-state index is 13.5. The topological polar surface area (TPSA) is 53.1 Å². The van der Waals surface area contributed by atoms with Gasteiger partial charge in [-0.3, -0.25) is 14.6 Å². The van der Waals surface area contributed by atoms with Crippen molar-refractivity contribution in [1.29, 1.82) is 0 Å². The van der Waals surface area contributed by atoms with Crippen molar-refractivity contribution in [2.45, 2.75) is 45.3 Å². The molecule has 0 N–H and O–H groups in total. The summed E-state index contributed by atoms with van der Waals surface area (Å²) in [5.74, 6) is 0.667.